The van der Waals surface area contributed by atoms with Gasteiger partial charge in [0.25, 0.3) is 0 Å². The highest BCUT2D eigenvalue weighted by Crippen LogP contribution is 2.55. The van der Waals surface area contributed by atoms with Gasteiger partial charge in [0.15, 0.2) is 0 Å². The van der Waals surface area contributed by atoms with Crippen LogP contribution in [0.3, 0.4) is 0 Å². The van der Waals surface area contributed by atoms with Crippen molar-refractivity contribution in [2.45, 2.75) is 38.5 Å². The summed E-state index contributed by atoms with van der Waals surface area (Å²) in [4.78, 5) is 0. The van der Waals surface area contributed by atoms with Crippen molar-refractivity contribution in [1.82, 2.24) is 5.16 Å². The number of nitrogens with zero attached hydrogens (tertiary/aromatic N) is 1. The fourth-order valence-electron chi connectivity index (χ4n) is 2.81. The first-order valence-corrected chi connectivity index (χ1v) is 6.95. The normalized spacial score (nSPS) is 21.8. The van der Waals surface area contributed by atoms with E-state index in [1.165, 1.54) is 5.56 Å². The number of anilines is 1. The zero-order valence-corrected chi connectivity index (χ0v) is 11.5. The van der Waals surface area contributed by atoms with E-state index >= 15 is 0 Å². The number of aromatic nitrogens is 1. The van der Waals surface area contributed by atoms with Crippen molar-refractivity contribution in [1.29, 1.82) is 0 Å². The van der Waals surface area contributed by atoms with Crippen molar-refractivity contribution in [3.8, 4) is 0 Å². The standard InChI is InChI=1S/C16H20N2O/c1-10(2)8-14-15(18-19-16(14)17)13-9-12(13)11-6-4-3-5-7-11/h3-7,10,12-13H,8-9,17H2,1-2H3. The minimum absolute atomic E-state index is 0.484. The van der Waals surface area contributed by atoms with Crippen LogP contribution in [0.15, 0.2) is 34.9 Å². The maximum absolute atomic E-state index is 5.91. The second-order valence-corrected chi connectivity index (χ2v) is 5.87. The second kappa shape index (κ2) is 4.72. The van der Waals surface area contributed by atoms with Crippen molar-refractivity contribution in [3.05, 3.63) is 47.2 Å². The smallest absolute Gasteiger partial charge is 0.225 e. The van der Waals surface area contributed by atoms with Crippen molar-refractivity contribution >= 4 is 5.88 Å². The summed E-state index contributed by atoms with van der Waals surface area (Å²) in [5, 5.41) is 4.21. The van der Waals surface area contributed by atoms with E-state index in [9.17, 15) is 0 Å². The van der Waals surface area contributed by atoms with E-state index < -0.39 is 0 Å². The van der Waals surface area contributed by atoms with Gasteiger partial charge in [-0.15, -0.1) is 0 Å². The van der Waals surface area contributed by atoms with Crippen LogP contribution in [0.4, 0.5) is 5.88 Å². The molecule has 1 aromatic carbocycles. The average Bonchev–Trinajstić information content (AvgIpc) is 3.11. The molecule has 0 aliphatic heterocycles. The SMILES string of the molecule is CC(C)Cc1c(C2CC2c2ccccc2)noc1N. The van der Waals surface area contributed by atoms with Crippen LogP contribution in [0.2, 0.25) is 0 Å². The summed E-state index contributed by atoms with van der Waals surface area (Å²) in [5.74, 6) is 2.13. The Morgan fingerprint density at radius 3 is 2.68 bits per heavy atom. The summed E-state index contributed by atoms with van der Waals surface area (Å²) in [6, 6.07) is 10.6. The third-order valence-electron chi connectivity index (χ3n) is 3.83. The summed E-state index contributed by atoms with van der Waals surface area (Å²) in [6.07, 6.45) is 2.10. The van der Waals surface area contributed by atoms with Gasteiger partial charge in [-0.25, -0.2) is 0 Å². The molecule has 2 N–H and O–H groups in total. The quantitative estimate of drug-likeness (QED) is 0.906. The zero-order valence-electron chi connectivity index (χ0n) is 11.5. The Morgan fingerprint density at radius 2 is 2.00 bits per heavy atom. The number of hydrogen-bond acceptors (Lipinski definition) is 3. The molecule has 1 aliphatic rings. The molecule has 1 fully saturated rings. The zero-order chi connectivity index (χ0) is 13.4. The second-order valence-electron chi connectivity index (χ2n) is 5.87. The van der Waals surface area contributed by atoms with Crippen LogP contribution in [0.1, 0.15) is 48.9 Å². The molecule has 0 bridgehead atoms. The van der Waals surface area contributed by atoms with E-state index in [1.807, 2.05) is 0 Å². The van der Waals surface area contributed by atoms with Crippen LogP contribution < -0.4 is 5.73 Å². The molecule has 3 rings (SSSR count). The molecule has 0 amide bonds. The van der Waals surface area contributed by atoms with Crippen molar-refractivity contribution in [2.24, 2.45) is 5.92 Å². The summed E-state index contributed by atoms with van der Waals surface area (Å²) >= 11 is 0. The lowest BCUT2D eigenvalue weighted by Crippen LogP contribution is -2.00. The van der Waals surface area contributed by atoms with E-state index in [-0.39, 0.29) is 0 Å². The molecule has 3 nitrogen and oxygen atoms in total. The van der Waals surface area contributed by atoms with Crippen LogP contribution in [-0.2, 0) is 6.42 Å². The largest absolute Gasteiger partial charge is 0.367 e. The van der Waals surface area contributed by atoms with Gasteiger partial charge in [0.1, 0.15) is 0 Å². The van der Waals surface area contributed by atoms with Gasteiger partial charge >= 0.3 is 0 Å². The van der Waals surface area contributed by atoms with Crippen molar-refractivity contribution in [2.75, 3.05) is 5.73 Å². The number of benzene rings is 1. The van der Waals surface area contributed by atoms with Gasteiger partial charge in [0, 0.05) is 11.5 Å². The molecule has 0 radical (unpaired) electrons. The van der Waals surface area contributed by atoms with Gasteiger partial charge in [0.2, 0.25) is 5.88 Å². The van der Waals surface area contributed by atoms with E-state index in [0.29, 0.717) is 23.6 Å². The molecule has 0 saturated heterocycles. The van der Waals surface area contributed by atoms with Crippen LogP contribution in [0, 0.1) is 5.92 Å². The van der Waals surface area contributed by atoms with Gasteiger partial charge in [0.05, 0.1) is 5.69 Å². The van der Waals surface area contributed by atoms with Gasteiger partial charge in [-0.3, -0.25) is 0 Å². The highest BCUT2D eigenvalue weighted by atomic mass is 16.5. The fraction of sp³-hybridized carbons (Fsp3) is 0.438. The lowest BCUT2D eigenvalue weighted by Gasteiger charge is -2.05. The van der Waals surface area contributed by atoms with Gasteiger partial charge in [-0.1, -0.05) is 49.3 Å². The van der Waals surface area contributed by atoms with Gasteiger partial charge in [-0.05, 0) is 30.2 Å². The first-order valence-electron chi connectivity index (χ1n) is 6.95. The predicted octanol–water partition coefficient (Wildman–Crippen LogP) is 3.73. The molecular formula is C16H20N2O. The molecule has 3 heteroatoms. The molecular weight excluding hydrogens is 236 g/mol. The maximum atomic E-state index is 5.91. The Hall–Kier alpha value is -1.77. The third-order valence-corrected chi connectivity index (χ3v) is 3.83. The number of nitrogen functional groups attached to an aromatic ring is 1. The molecule has 1 heterocycles. The number of hydrogen-bond donors (Lipinski definition) is 1. The first kappa shape index (κ1) is 12.3. The van der Waals surface area contributed by atoms with Crippen LogP contribution in [0.25, 0.3) is 0 Å². The van der Waals surface area contributed by atoms with Crippen LogP contribution >= 0.6 is 0 Å². The highest BCUT2D eigenvalue weighted by molar-refractivity contribution is 5.45. The summed E-state index contributed by atoms with van der Waals surface area (Å²) in [7, 11) is 0. The Labute approximate surface area is 113 Å². The number of rotatable bonds is 4. The van der Waals surface area contributed by atoms with E-state index in [1.54, 1.807) is 0 Å². The molecule has 0 spiro atoms. The fourth-order valence-corrected chi connectivity index (χ4v) is 2.81. The van der Waals surface area contributed by atoms with Crippen molar-refractivity contribution < 1.29 is 4.52 Å². The summed E-state index contributed by atoms with van der Waals surface area (Å²) < 4.78 is 5.21. The molecule has 2 aromatic rings. The Balaban J connectivity index is 1.82. The minimum atomic E-state index is 0.484. The lowest BCUT2D eigenvalue weighted by atomic mass is 9.99. The van der Waals surface area contributed by atoms with Gasteiger partial charge < -0.3 is 10.3 Å². The van der Waals surface area contributed by atoms with Crippen LogP contribution in [0.5, 0.6) is 0 Å². The predicted molar refractivity (Wildman–Crippen MR) is 76.0 cm³/mol. The van der Waals surface area contributed by atoms with E-state index in [2.05, 4.69) is 49.3 Å². The van der Waals surface area contributed by atoms with E-state index in [0.717, 1.165) is 24.1 Å². The van der Waals surface area contributed by atoms with Crippen LogP contribution in [-0.4, -0.2) is 5.16 Å². The molecule has 19 heavy (non-hydrogen) atoms. The highest BCUT2D eigenvalue weighted by Gasteiger charge is 2.43. The minimum Gasteiger partial charge on any atom is -0.367 e. The monoisotopic (exact) mass is 256 g/mol. The van der Waals surface area contributed by atoms with E-state index in [4.69, 9.17) is 10.3 Å². The summed E-state index contributed by atoms with van der Waals surface area (Å²) in [6.45, 7) is 4.38. The van der Waals surface area contributed by atoms with Crippen molar-refractivity contribution in [3.63, 3.8) is 0 Å². The summed E-state index contributed by atoms with van der Waals surface area (Å²) in [5.41, 5.74) is 9.51. The molecule has 1 aromatic heterocycles. The Morgan fingerprint density at radius 1 is 1.26 bits per heavy atom. The van der Waals surface area contributed by atoms with Gasteiger partial charge in [-0.2, -0.15) is 0 Å². The molecule has 2 unspecified atom stereocenters. The average molecular weight is 256 g/mol. The third kappa shape index (κ3) is 2.37. The Bertz CT molecular complexity index is 559. The molecule has 1 saturated carbocycles. The Kier molecular flexibility index (Phi) is 3.05. The molecule has 1 aliphatic carbocycles. The maximum Gasteiger partial charge on any atom is 0.225 e. The molecule has 2 atom stereocenters. The first-order chi connectivity index (χ1) is 9.16. The number of nitrogens with two attached hydrogens (primary N) is 1. The molecule has 100 valence electrons. The lowest BCUT2D eigenvalue weighted by molar-refractivity contribution is 0.427. The topological polar surface area (TPSA) is 52.0 Å².